The first-order valence-corrected chi connectivity index (χ1v) is 5.08. The van der Waals surface area contributed by atoms with Crippen molar-refractivity contribution in [3.63, 3.8) is 0 Å². The topological polar surface area (TPSA) is 102 Å². The van der Waals surface area contributed by atoms with E-state index in [1.807, 2.05) is 0 Å². The second-order valence-electron chi connectivity index (χ2n) is 3.63. The molecular weight excluding hydrogens is 232 g/mol. The first kappa shape index (κ1) is 13.9. The van der Waals surface area contributed by atoms with Gasteiger partial charge in [-0.15, -0.1) is 0 Å². The summed E-state index contributed by atoms with van der Waals surface area (Å²) >= 11 is 0. The van der Waals surface area contributed by atoms with Crippen molar-refractivity contribution in [2.45, 2.75) is 38.3 Å². The number of carbonyl (C=O) groups is 2. The zero-order chi connectivity index (χ0) is 13.0. The van der Waals surface area contributed by atoms with Crippen LogP contribution in [0.1, 0.15) is 13.8 Å². The summed E-state index contributed by atoms with van der Waals surface area (Å²) in [6, 6.07) is 0. The van der Waals surface area contributed by atoms with Gasteiger partial charge in [0.25, 0.3) is 0 Å². The number of carbonyl (C=O) groups excluding carboxylic acids is 2. The number of aliphatic hydroxyl groups excluding tert-OH is 2. The fourth-order valence-electron chi connectivity index (χ4n) is 1.55. The minimum absolute atomic E-state index is 0.432. The van der Waals surface area contributed by atoms with E-state index in [4.69, 9.17) is 19.3 Å². The van der Waals surface area contributed by atoms with E-state index in [1.165, 1.54) is 13.8 Å². The largest absolute Gasteiger partial charge is 0.456 e. The predicted octanol–water partition coefficient (Wildman–Crippen LogP) is -1.24. The summed E-state index contributed by atoms with van der Waals surface area (Å²) in [4.78, 5) is 21.8. The first-order valence-electron chi connectivity index (χ1n) is 5.08. The molecule has 0 unspecified atom stereocenters. The normalized spacial score (nSPS) is 32.9. The van der Waals surface area contributed by atoms with Gasteiger partial charge in [-0.2, -0.15) is 0 Å². The Morgan fingerprint density at radius 1 is 1.24 bits per heavy atom. The lowest BCUT2D eigenvalue weighted by molar-refractivity contribution is -0.209. The average molecular weight is 247 g/mol. The van der Waals surface area contributed by atoms with E-state index in [0.717, 1.165) is 6.61 Å². The highest BCUT2D eigenvalue weighted by Crippen LogP contribution is 2.24. The molecule has 0 aromatic carbocycles. The average Bonchev–Trinajstić information content (AvgIpc) is 2.22. The maximum absolute atomic E-state index is 10.9. The van der Waals surface area contributed by atoms with Gasteiger partial charge in [-0.05, 0) is 0 Å². The molecule has 1 saturated heterocycles. The van der Waals surface area contributed by atoms with Crippen LogP contribution >= 0.6 is 0 Å². The molecule has 0 amide bonds. The summed E-state index contributed by atoms with van der Waals surface area (Å²) in [6.07, 6.45) is -4.21. The highest BCUT2D eigenvalue weighted by atomic mass is 16.6. The summed E-state index contributed by atoms with van der Waals surface area (Å²) in [5.41, 5.74) is 0. The Kier molecular flexibility index (Phi) is 4.86. The van der Waals surface area contributed by atoms with Crippen LogP contribution in [0.5, 0.6) is 0 Å². The van der Waals surface area contributed by atoms with Crippen molar-refractivity contribution in [3.05, 3.63) is 6.61 Å². The third-order valence-corrected chi connectivity index (χ3v) is 2.20. The van der Waals surface area contributed by atoms with Gasteiger partial charge in [0.1, 0.15) is 18.8 Å². The lowest BCUT2D eigenvalue weighted by Gasteiger charge is -2.38. The van der Waals surface area contributed by atoms with Crippen LogP contribution in [-0.4, -0.2) is 53.2 Å². The van der Waals surface area contributed by atoms with E-state index < -0.39 is 43.0 Å². The first-order chi connectivity index (χ1) is 7.95. The van der Waals surface area contributed by atoms with Gasteiger partial charge in [-0.25, -0.2) is 0 Å². The molecule has 1 rings (SSSR count). The van der Waals surface area contributed by atoms with Gasteiger partial charge in [0.15, 0.2) is 12.2 Å². The number of esters is 2. The molecule has 1 radical (unpaired) electrons. The monoisotopic (exact) mass is 247 g/mol. The standard InChI is InChI=1S/C10H15O7/c1-5(12)16-9-7(14)4-15-8(3-11)10(9)17-6(2)13/h4,7-11,14H,3H2,1-2H3/t7-,8-,9-,10-/m1/s1. The number of rotatable bonds is 3. The van der Waals surface area contributed by atoms with Crippen LogP contribution in [0.4, 0.5) is 0 Å². The van der Waals surface area contributed by atoms with Gasteiger partial charge in [0, 0.05) is 13.8 Å². The van der Waals surface area contributed by atoms with E-state index in [2.05, 4.69) is 0 Å². The summed E-state index contributed by atoms with van der Waals surface area (Å²) in [7, 11) is 0. The maximum Gasteiger partial charge on any atom is 0.303 e. The lowest BCUT2D eigenvalue weighted by atomic mass is 10.00. The predicted molar refractivity (Wildman–Crippen MR) is 53.4 cm³/mol. The van der Waals surface area contributed by atoms with Gasteiger partial charge in [0.05, 0.1) is 6.61 Å². The number of hydrogen-bond donors (Lipinski definition) is 2. The van der Waals surface area contributed by atoms with Crippen LogP contribution in [-0.2, 0) is 23.8 Å². The molecule has 0 saturated carbocycles. The minimum atomic E-state index is -1.22. The van der Waals surface area contributed by atoms with Gasteiger partial charge >= 0.3 is 11.9 Å². The Morgan fingerprint density at radius 2 is 1.76 bits per heavy atom. The lowest BCUT2D eigenvalue weighted by Crippen LogP contribution is -2.55. The van der Waals surface area contributed by atoms with E-state index in [0.29, 0.717) is 0 Å². The highest BCUT2D eigenvalue weighted by molar-refractivity contribution is 5.67. The SMILES string of the molecule is CC(=O)O[C@H]1[C@H](OC(C)=O)[C@@H](CO)O[CH][C@H]1O. The molecule has 0 aromatic heterocycles. The zero-order valence-electron chi connectivity index (χ0n) is 9.53. The fourth-order valence-corrected chi connectivity index (χ4v) is 1.55. The van der Waals surface area contributed by atoms with E-state index >= 15 is 0 Å². The van der Waals surface area contributed by atoms with Crippen LogP contribution in [0.3, 0.4) is 0 Å². The number of aliphatic hydroxyl groups is 2. The highest BCUT2D eigenvalue weighted by Gasteiger charge is 2.44. The Hall–Kier alpha value is -1.18. The molecule has 0 bridgehead atoms. The van der Waals surface area contributed by atoms with Crippen molar-refractivity contribution >= 4 is 11.9 Å². The third-order valence-electron chi connectivity index (χ3n) is 2.20. The van der Waals surface area contributed by atoms with Crippen LogP contribution in [0, 0.1) is 6.61 Å². The van der Waals surface area contributed by atoms with Crippen LogP contribution in [0.25, 0.3) is 0 Å². The number of hydrogen-bond acceptors (Lipinski definition) is 7. The van der Waals surface area contributed by atoms with Crippen LogP contribution in [0.15, 0.2) is 0 Å². The van der Waals surface area contributed by atoms with Crippen molar-refractivity contribution in [1.82, 2.24) is 0 Å². The molecule has 7 nitrogen and oxygen atoms in total. The van der Waals surface area contributed by atoms with Crippen molar-refractivity contribution < 1.29 is 34.0 Å². The molecule has 97 valence electrons. The van der Waals surface area contributed by atoms with Crippen molar-refractivity contribution in [3.8, 4) is 0 Å². The summed E-state index contributed by atoms with van der Waals surface area (Å²) in [5, 5.41) is 18.6. The zero-order valence-corrected chi connectivity index (χ0v) is 9.53. The Bertz CT molecular complexity index is 290. The molecule has 2 N–H and O–H groups in total. The van der Waals surface area contributed by atoms with Gasteiger partial charge in [-0.3, -0.25) is 9.59 Å². The summed E-state index contributed by atoms with van der Waals surface area (Å²) < 4.78 is 14.7. The second-order valence-corrected chi connectivity index (χ2v) is 3.63. The van der Waals surface area contributed by atoms with Gasteiger partial charge < -0.3 is 24.4 Å². The Balaban J connectivity index is 2.82. The molecular formula is C10H15O7. The second kappa shape index (κ2) is 5.95. The Labute approximate surface area is 98.3 Å². The molecule has 1 fully saturated rings. The van der Waals surface area contributed by atoms with E-state index in [9.17, 15) is 14.7 Å². The summed E-state index contributed by atoms with van der Waals surface area (Å²) in [5.74, 6) is -1.25. The molecule has 0 aromatic rings. The summed E-state index contributed by atoms with van der Waals surface area (Å²) in [6.45, 7) is 2.94. The minimum Gasteiger partial charge on any atom is -0.456 e. The van der Waals surface area contributed by atoms with Crippen LogP contribution < -0.4 is 0 Å². The van der Waals surface area contributed by atoms with Gasteiger partial charge in [0.2, 0.25) is 0 Å². The molecule has 1 heterocycles. The number of ether oxygens (including phenoxy) is 3. The van der Waals surface area contributed by atoms with Gasteiger partial charge in [-0.1, -0.05) is 0 Å². The molecule has 17 heavy (non-hydrogen) atoms. The van der Waals surface area contributed by atoms with E-state index in [1.54, 1.807) is 0 Å². The molecule has 1 aliphatic rings. The van der Waals surface area contributed by atoms with Crippen LogP contribution in [0.2, 0.25) is 0 Å². The third kappa shape index (κ3) is 3.65. The quantitative estimate of drug-likeness (QED) is 0.601. The van der Waals surface area contributed by atoms with E-state index in [-0.39, 0.29) is 0 Å². The molecule has 0 aliphatic carbocycles. The molecule has 4 atom stereocenters. The molecule has 0 spiro atoms. The smallest absolute Gasteiger partial charge is 0.303 e. The van der Waals surface area contributed by atoms with Crippen molar-refractivity contribution in [1.29, 1.82) is 0 Å². The maximum atomic E-state index is 10.9. The van der Waals surface area contributed by atoms with Crippen molar-refractivity contribution in [2.75, 3.05) is 6.61 Å². The molecule has 7 heteroatoms. The molecule has 1 aliphatic heterocycles. The fraction of sp³-hybridized carbons (Fsp3) is 0.700. The Morgan fingerprint density at radius 3 is 2.24 bits per heavy atom. The van der Waals surface area contributed by atoms with Crippen molar-refractivity contribution in [2.24, 2.45) is 0 Å².